The summed E-state index contributed by atoms with van der Waals surface area (Å²) in [6, 6.07) is 10.9. The molecule has 0 radical (unpaired) electrons. The fourth-order valence-electron chi connectivity index (χ4n) is 3.26. The molecule has 2 aromatic heterocycles. The summed E-state index contributed by atoms with van der Waals surface area (Å²) in [6.07, 6.45) is 0.977. The second kappa shape index (κ2) is 5.58. The monoisotopic (exact) mass is 324 g/mol. The molecule has 1 aromatic carbocycles. The van der Waals surface area contributed by atoms with Crippen LogP contribution in [0.5, 0.6) is 0 Å². The van der Waals surface area contributed by atoms with E-state index in [0.29, 0.717) is 0 Å². The fourth-order valence-corrected chi connectivity index (χ4v) is 4.50. The Morgan fingerprint density at radius 3 is 2.78 bits per heavy atom. The molecule has 4 nitrogen and oxygen atoms in total. The number of nitrogens with one attached hydrogen (secondary N) is 1. The minimum absolute atomic E-state index is 0.209. The lowest BCUT2D eigenvalue weighted by Gasteiger charge is -2.09. The van der Waals surface area contributed by atoms with E-state index < -0.39 is 0 Å². The summed E-state index contributed by atoms with van der Waals surface area (Å²) in [4.78, 5) is 1.38. The van der Waals surface area contributed by atoms with E-state index in [0.717, 1.165) is 24.6 Å². The van der Waals surface area contributed by atoms with Crippen LogP contribution in [0.1, 0.15) is 46.2 Å². The van der Waals surface area contributed by atoms with E-state index in [9.17, 15) is 0 Å². The number of rotatable bonds is 2. The van der Waals surface area contributed by atoms with Crippen LogP contribution in [0.2, 0.25) is 0 Å². The van der Waals surface area contributed by atoms with Gasteiger partial charge >= 0.3 is 0 Å². The molecule has 0 saturated carbocycles. The molecule has 1 aliphatic rings. The van der Waals surface area contributed by atoms with Gasteiger partial charge in [-0.25, -0.2) is 0 Å². The maximum atomic E-state index is 4.38. The number of hydrogen-bond acceptors (Lipinski definition) is 4. The summed E-state index contributed by atoms with van der Waals surface area (Å²) in [5.41, 5.74) is 4.19. The number of thiophene rings is 1. The molecular weight excluding hydrogens is 304 g/mol. The van der Waals surface area contributed by atoms with Gasteiger partial charge in [0.15, 0.2) is 5.82 Å². The van der Waals surface area contributed by atoms with Crippen molar-refractivity contribution in [2.24, 2.45) is 0 Å². The van der Waals surface area contributed by atoms with Gasteiger partial charge in [-0.15, -0.1) is 21.5 Å². The van der Waals surface area contributed by atoms with Gasteiger partial charge in [0.1, 0.15) is 10.8 Å². The number of fused-ring (bicyclic) bond motifs is 3. The smallest absolute Gasteiger partial charge is 0.155 e. The first-order valence-corrected chi connectivity index (χ1v) is 8.77. The zero-order valence-corrected chi connectivity index (χ0v) is 14.4. The molecule has 0 bridgehead atoms. The van der Waals surface area contributed by atoms with E-state index in [-0.39, 0.29) is 6.04 Å². The van der Waals surface area contributed by atoms with Crippen LogP contribution in [0.4, 0.5) is 0 Å². The van der Waals surface area contributed by atoms with Crippen molar-refractivity contribution in [1.82, 2.24) is 20.1 Å². The number of nitrogens with zero attached hydrogens (tertiary/aromatic N) is 3. The molecule has 0 unspecified atom stereocenters. The molecule has 3 aromatic rings. The normalized spacial score (nSPS) is 16.7. The number of hydrogen-bond donors (Lipinski definition) is 1. The molecule has 0 spiro atoms. The molecule has 0 saturated heterocycles. The number of aryl methyl sites for hydroxylation is 2. The molecule has 1 aliphatic heterocycles. The zero-order valence-electron chi connectivity index (χ0n) is 13.6. The van der Waals surface area contributed by atoms with Crippen molar-refractivity contribution in [3.8, 4) is 5.00 Å². The Bertz CT molecular complexity index is 848. The predicted octanol–water partition coefficient (Wildman–Crippen LogP) is 3.70. The molecular formula is C18H20N4S. The topological polar surface area (TPSA) is 42.7 Å². The van der Waals surface area contributed by atoms with E-state index >= 15 is 0 Å². The van der Waals surface area contributed by atoms with Crippen molar-refractivity contribution in [3.05, 3.63) is 63.5 Å². The highest BCUT2D eigenvalue weighted by Crippen LogP contribution is 2.37. The summed E-state index contributed by atoms with van der Waals surface area (Å²) in [5, 5.41) is 13.5. The lowest BCUT2D eigenvalue weighted by atomic mass is 10.0. The van der Waals surface area contributed by atoms with Crippen LogP contribution in [-0.4, -0.2) is 14.8 Å². The van der Waals surface area contributed by atoms with Crippen LogP contribution in [0, 0.1) is 13.8 Å². The summed E-state index contributed by atoms with van der Waals surface area (Å²) < 4.78 is 2.23. The standard InChI is InChI=1S/C18H20N4S/c1-11-17-21-20-13(3)22(17)18-16(10-19-11)15(12(2)23-18)9-14-7-5-4-6-8-14/h4-8,11,19H,9-10H2,1-3H3/t11-/m0/s1. The molecule has 1 N–H and O–H groups in total. The van der Waals surface area contributed by atoms with Gasteiger partial charge in [0.2, 0.25) is 0 Å². The number of aromatic nitrogens is 3. The SMILES string of the molecule is Cc1sc2c(c1Cc1ccccc1)CN[C@@H](C)c1nnc(C)n1-2. The minimum atomic E-state index is 0.209. The molecule has 0 fully saturated rings. The maximum Gasteiger partial charge on any atom is 0.155 e. The second-order valence-electron chi connectivity index (χ2n) is 6.13. The van der Waals surface area contributed by atoms with Gasteiger partial charge in [-0.2, -0.15) is 0 Å². The largest absolute Gasteiger partial charge is 0.303 e. The van der Waals surface area contributed by atoms with Crippen LogP contribution in [-0.2, 0) is 13.0 Å². The van der Waals surface area contributed by atoms with Crippen molar-refractivity contribution in [3.63, 3.8) is 0 Å². The third-order valence-electron chi connectivity index (χ3n) is 4.55. The first kappa shape index (κ1) is 14.6. The molecule has 0 aliphatic carbocycles. The Morgan fingerprint density at radius 2 is 2.00 bits per heavy atom. The van der Waals surface area contributed by atoms with Gasteiger partial charge in [0, 0.05) is 17.0 Å². The quantitative estimate of drug-likeness (QED) is 0.781. The van der Waals surface area contributed by atoms with E-state index in [1.165, 1.54) is 26.6 Å². The van der Waals surface area contributed by atoms with Crippen molar-refractivity contribution in [1.29, 1.82) is 0 Å². The Kier molecular flexibility index (Phi) is 3.54. The molecule has 4 rings (SSSR count). The molecule has 23 heavy (non-hydrogen) atoms. The van der Waals surface area contributed by atoms with Crippen LogP contribution in [0.15, 0.2) is 30.3 Å². The summed E-state index contributed by atoms with van der Waals surface area (Å²) in [5.74, 6) is 1.97. The summed E-state index contributed by atoms with van der Waals surface area (Å²) in [6.45, 7) is 7.29. The van der Waals surface area contributed by atoms with E-state index in [4.69, 9.17) is 0 Å². The third kappa shape index (κ3) is 2.40. The summed E-state index contributed by atoms with van der Waals surface area (Å²) >= 11 is 1.86. The van der Waals surface area contributed by atoms with E-state index in [2.05, 4.69) is 64.3 Å². The van der Waals surface area contributed by atoms with Gasteiger partial charge in [0.25, 0.3) is 0 Å². The average molecular weight is 324 g/mol. The molecule has 5 heteroatoms. The van der Waals surface area contributed by atoms with Crippen LogP contribution >= 0.6 is 11.3 Å². The van der Waals surface area contributed by atoms with Gasteiger partial charge < -0.3 is 5.32 Å². The Labute approximate surface area is 140 Å². The van der Waals surface area contributed by atoms with Crippen LogP contribution in [0.3, 0.4) is 0 Å². The lowest BCUT2D eigenvalue weighted by molar-refractivity contribution is 0.551. The second-order valence-corrected chi connectivity index (χ2v) is 7.33. The Balaban J connectivity index is 1.85. The first-order chi connectivity index (χ1) is 11.1. The maximum absolute atomic E-state index is 4.38. The van der Waals surface area contributed by atoms with Crippen molar-refractivity contribution in [2.45, 2.75) is 39.8 Å². The molecule has 0 amide bonds. The van der Waals surface area contributed by atoms with Crippen LogP contribution in [0.25, 0.3) is 5.00 Å². The van der Waals surface area contributed by atoms with Crippen molar-refractivity contribution >= 4 is 11.3 Å². The predicted molar refractivity (Wildman–Crippen MR) is 93.2 cm³/mol. The van der Waals surface area contributed by atoms with Crippen LogP contribution < -0.4 is 5.32 Å². The fraction of sp³-hybridized carbons (Fsp3) is 0.333. The Morgan fingerprint density at radius 1 is 1.22 bits per heavy atom. The van der Waals surface area contributed by atoms with Gasteiger partial charge in [-0.1, -0.05) is 30.3 Å². The highest BCUT2D eigenvalue weighted by Gasteiger charge is 2.27. The molecule has 3 heterocycles. The average Bonchev–Trinajstić information content (AvgIpc) is 3.03. The third-order valence-corrected chi connectivity index (χ3v) is 5.72. The van der Waals surface area contributed by atoms with Gasteiger partial charge in [-0.3, -0.25) is 4.57 Å². The van der Waals surface area contributed by atoms with E-state index in [1.807, 2.05) is 18.3 Å². The zero-order chi connectivity index (χ0) is 16.0. The van der Waals surface area contributed by atoms with Gasteiger partial charge in [0.05, 0.1) is 6.04 Å². The van der Waals surface area contributed by atoms with Gasteiger partial charge in [-0.05, 0) is 38.3 Å². The first-order valence-electron chi connectivity index (χ1n) is 7.96. The van der Waals surface area contributed by atoms with Crippen molar-refractivity contribution in [2.75, 3.05) is 0 Å². The number of benzene rings is 1. The molecule has 1 atom stereocenters. The Hall–Kier alpha value is -1.98. The highest BCUT2D eigenvalue weighted by molar-refractivity contribution is 7.14. The molecule has 118 valence electrons. The summed E-state index contributed by atoms with van der Waals surface area (Å²) in [7, 11) is 0. The van der Waals surface area contributed by atoms with Crippen molar-refractivity contribution < 1.29 is 0 Å². The minimum Gasteiger partial charge on any atom is -0.303 e. The van der Waals surface area contributed by atoms with E-state index in [1.54, 1.807) is 0 Å². The highest BCUT2D eigenvalue weighted by atomic mass is 32.1. The lowest BCUT2D eigenvalue weighted by Crippen LogP contribution is -2.18.